The molecule has 0 spiro atoms. The number of fused-ring (bicyclic) bond motifs is 1. The van der Waals surface area contributed by atoms with Gasteiger partial charge >= 0.3 is 0 Å². The summed E-state index contributed by atoms with van der Waals surface area (Å²) in [6.07, 6.45) is 8.40. The number of nitrogens with zero attached hydrogens (tertiary/aromatic N) is 1. The van der Waals surface area contributed by atoms with Crippen molar-refractivity contribution in [2.75, 3.05) is 11.4 Å². The van der Waals surface area contributed by atoms with E-state index in [0.29, 0.717) is 0 Å². The van der Waals surface area contributed by atoms with E-state index in [9.17, 15) is 0 Å². The fourth-order valence-electron chi connectivity index (χ4n) is 3.87. The van der Waals surface area contributed by atoms with Gasteiger partial charge in [-0.15, -0.1) is 0 Å². The van der Waals surface area contributed by atoms with E-state index in [1.165, 1.54) is 56.3 Å². The van der Waals surface area contributed by atoms with Crippen molar-refractivity contribution < 1.29 is 0 Å². The van der Waals surface area contributed by atoms with Crippen LogP contribution in [0, 0.1) is 5.92 Å². The molecule has 2 unspecified atom stereocenters. The average Bonchev–Trinajstić information content (AvgIpc) is 2.46. The Morgan fingerprint density at radius 3 is 2.79 bits per heavy atom. The second-order valence-electron chi connectivity index (χ2n) is 5.85. The highest BCUT2D eigenvalue weighted by atomic mass is 79.9. The summed E-state index contributed by atoms with van der Waals surface area (Å²) in [4.78, 5) is 2.67. The Balaban J connectivity index is 1.91. The minimum atomic E-state index is 0.765. The van der Waals surface area contributed by atoms with Crippen LogP contribution in [-0.4, -0.2) is 12.6 Å². The second kappa shape index (κ2) is 6.05. The number of alkyl halides is 1. The monoisotopic (exact) mass is 341 g/mol. The lowest BCUT2D eigenvalue weighted by Crippen LogP contribution is -2.47. The molecule has 1 nitrogen and oxygen atoms in total. The Morgan fingerprint density at radius 1 is 1.16 bits per heavy atom. The van der Waals surface area contributed by atoms with Gasteiger partial charge in [0.1, 0.15) is 0 Å². The van der Waals surface area contributed by atoms with Gasteiger partial charge in [0, 0.05) is 28.6 Å². The third-order valence-corrected chi connectivity index (χ3v) is 5.58. The highest BCUT2D eigenvalue weighted by Crippen LogP contribution is 2.39. The van der Waals surface area contributed by atoms with E-state index >= 15 is 0 Å². The number of hydrogen-bond donors (Lipinski definition) is 0. The van der Waals surface area contributed by atoms with E-state index < -0.39 is 0 Å². The quantitative estimate of drug-likeness (QED) is 0.651. The van der Waals surface area contributed by atoms with Gasteiger partial charge in [0.15, 0.2) is 0 Å². The molecule has 1 aliphatic carbocycles. The zero-order chi connectivity index (χ0) is 13.2. The lowest BCUT2D eigenvalue weighted by molar-refractivity contribution is 0.243. The summed E-state index contributed by atoms with van der Waals surface area (Å²) < 4.78 is 0. The number of hydrogen-bond acceptors (Lipinski definition) is 1. The Labute approximate surface area is 129 Å². The summed E-state index contributed by atoms with van der Waals surface area (Å²) >= 11 is 9.74. The predicted molar refractivity (Wildman–Crippen MR) is 86.4 cm³/mol. The fourth-order valence-corrected chi connectivity index (χ4v) is 4.51. The summed E-state index contributed by atoms with van der Waals surface area (Å²) in [6.45, 7) is 1.21. The van der Waals surface area contributed by atoms with Gasteiger partial charge in [-0.2, -0.15) is 0 Å². The molecule has 1 aromatic rings. The summed E-state index contributed by atoms with van der Waals surface area (Å²) in [5.74, 6) is 0.918. The Morgan fingerprint density at radius 2 is 1.95 bits per heavy atom. The molecule has 0 aromatic heterocycles. The first-order chi connectivity index (χ1) is 9.29. The topological polar surface area (TPSA) is 3.24 Å². The van der Waals surface area contributed by atoms with Gasteiger partial charge in [-0.05, 0) is 55.4 Å². The maximum atomic E-state index is 6.13. The Kier molecular flexibility index (Phi) is 4.38. The molecule has 2 fully saturated rings. The molecule has 0 radical (unpaired) electrons. The first-order valence-electron chi connectivity index (χ1n) is 7.40. The molecule has 3 rings (SSSR count). The van der Waals surface area contributed by atoms with Crippen LogP contribution in [0.15, 0.2) is 18.2 Å². The van der Waals surface area contributed by atoms with Crippen LogP contribution in [0.2, 0.25) is 5.02 Å². The van der Waals surface area contributed by atoms with Gasteiger partial charge < -0.3 is 4.90 Å². The number of benzene rings is 1. The van der Waals surface area contributed by atoms with Crippen LogP contribution in [0.25, 0.3) is 0 Å². The van der Waals surface area contributed by atoms with Crippen LogP contribution in [0.3, 0.4) is 0 Å². The summed E-state index contributed by atoms with van der Waals surface area (Å²) in [6, 6.07) is 7.13. The molecule has 104 valence electrons. The molecule has 1 saturated carbocycles. The average molecular weight is 343 g/mol. The van der Waals surface area contributed by atoms with E-state index in [2.05, 4.69) is 33.0 Å². The van der Waals surface area contributed by atoms with Gasteiger partial charge in [-0.3, -0.25) is 0 Å². The Hall–Kier alpha value is -0.210. The maximum Gasteiger partial charge on any atom is 0.0410 e. The first kappa shape index (κ1) is 13.8. The molecule has 1 aromatic carbocycles. The molecule has 1 saturated heterocycles. The Bertz CT molecular complexity index is 446. The smallest absolute Gasteiger partial charge is 0.0410 e. The van der Waals surface area contributed by atoms with Crippen LogP contribution in [-0.2, 0) is 5.33 Å². The number of rotatable bonds is 2. The standard InChI is InChI=1S/C16H21BrClN/c17-11-13-10-14(18)7-8-16(13)19-9-3-5-12-4-1-2-6-15(12)19/h7-8,10,12,15H,1-6,9,11H2. The number of anilines is 1. The van der Waals surface area contributed by atoms with Gasteiger partial charge in [-0.25, -0.2) is 0 Å². The largest absolute Gasteiger partial charge is 0.368 e. The van der Waals surface area contributed by atoms with Crippen LogP contribution < -0.4 is 4.90 Å². The second-order valence-corrected chi connectivity index (χ2v) is 6.85. The number of piperidine rings is 1. The molecule has 1 heterocycles. The van der Waals surface area contributed by atoms with Crippen molar-refractivity contribution in [2.45, 2.75) is 49.9 Å². The number of halogens is 2. The SMILES string of the molecule is Clc1ccc(N2CCCC3CCCCC32)c(CBr)c1. The molecule has 2 atom stereocenters. The summed E-state index contributed by atoms with van der Waals surface area (Å²) in [5, 5.41) is 1.73. The molecule has 0 N–H and O–H groups in total. The lowest BCUT2D eigenvalue weighted by Gasteiger charge is -2.46. The third kappa shape index (κ3) is 2.80. The van der Waals surface area contributed by atoms with Gasteiger partial charge in [-0.1, -0.05) is 40.4 Å². The van der Waals surface area contributed by atoms with Crippen LogP contribution in [0.1, 0.15) is 44.1 Å². The van der Waals surface area contributed by atoms with Crippen LogP contribution in [0.4, 0.5) is 5.69 Å². The van der Waals surface area contributed by atoms with Crippen LogP contribution in [0.5, 0.6) is 0 Å². The molecule has 19 heavy (non-hydrogen) atoms. The molecule has 0 amide bonds. The van der Waals surface area contributed by atoms with Crippen molar-refractivity contribution in [3.05, 3.63) is 28.8 Å². The zero-order valence-corrected chi connectivity index (χ0v) is 13.6. The van der Waals surface area contributed by atoms with Crippen molar-refractivity contribution in [3.8, 4) is 0 Å². The summed E-state index contributed by atoms with van der Waals surface area (Å²) in [5.41, 5.74) is 2.73. The van der Waals surface area contributed by atoms with E-state index in [-0.39, 0.29) is 0 Å². The van der Waals surface area contributed by atoms with Crippen LogP contribution >= 0.6 is 27.5 Å². The van der Waals surface area contributed by atoms with E-state index in [1.807, 2.05) is 6.07 Å². The maximum absolute atomic E-state index is 6.13. The lowest BCUT2D eigenvalue weighted by atomic mass is 9.78. The van der Waals surface area contributed by atoms with Gasteiger partial charge in [0.05, 0.1) is 0 Å². The third-order valence-electron chi connectivity index (χ3n) is 4.74. The molecular weight excluding hydrogens is 322 g/mol. The zero-order valence-electron chi connectivity index (χ0n) is 11.2. The highest BCUT2D eigenvalue weighted by molar-refractivity contribution is 9.08. The van der Waals surface area contributed by atoms with E-state index in [4.69, 9.17) is 11.6 Å². The molecule has 3 heteroatoms. The minimum absolute atomic E-state index is 0.765. The summed E-state index contributed by atoms with van der Waals surface area (Å²) in [7, 11) is 0. The molecule has 2 aliphatic rings. The minimum Gasteiger partial charge on any atom is -0.368 e. The predicted octanol–water partition coefficient (Wildman–Crippen LogP) is 5.39. The normalized spacial score (nSPS) is 27.2. The molecule has 0 bridgehead atoms. The van der Waals surface area contributed by atoms with Crippen molar-refractivity contribution in [1.29, 1.82) is 0 Å². The van der Waals surface area contributed by atoms with Crippen molar-refractivity contribution in [3.63, 3.8) is 0 Å². The molecular formula is C16H21BrClN. The van der Waals surface area contributed by atoms with Crippen molar-refractivity contribution >= 4 is 33.2 Å². The first-order valence-corrected chi connectivity index (χ1v) is 8.90. The van der Waals surface area contributed by atoms with Gasteiger partial charge in [0.2, 0.25) is 0 Å². The molecule has 1 aliphatic heterocycles. The van der Waals surface area contributed by atoms with Crippen molar-refractivity contribution in [1.82, 2.24) is 0 Å². The van der Waals surface area contributed by atoms with E-state index in [0.717, 1.165) is 22.3 Å². The fraction of sp³-hybridized carbons (Fsp3) is 0.625. The van der Waals surface area contributed by atoms with Gasteiger partial charge in [0.25, 0.3) is 0 Å². The van der Waals surface area contributed by atoms with E-state index in [1.54, 1.807) is 0 Å². The highest BCUT2D eigenvalue weighted by Gasteiger charge is 2.33. The van der Waals surface area contributed by atoms with Crippen molar-refractivity contribution in [2.24, 2.45) is 5.92 Å².